The third-order valence-electron chi connectivity index (χ3n) is 4.30. The molecule has 1 saturated heterocycles. The fourth-order valence-electron chi connectivity index (χ4n) is 3.32. The lowest BCUT2D eigenvalue weighted by Gasteiger charge is -2.17. The average molecular weight is 291 g/mol. The number of thiophene rings is 1. The minimum absolute atomic E-state index is 0.0848. The highest BCUT2D eigenvalue weighted by molar-refractivity contribution is 7.14. The molecule has 2 N–H and O–H groups in total. The fourth-order valence-corrected chi connectivity index (χ4v) is 4.07. The summed E-state index contributed by atoms with van der Waals surface area (Å²) in [6.07, 6.45) is 1.76. The number of aliphatic hydroxyl groups excluding tert-OH is 1. The zero-order valence-corrected chi connectivity index (χ0v) is 11.9. The number of hydrogen-bond acceptors (Lipinski definition) is 5. The van der Waals surface area contributed by atoms with Crippen LogP contribution < -0.4 is 5.32 Å². The van der Waals surface area contributed by atoms with Crippen LogP contribution in [0, 0.1) is 23.2 Å². The molecule has 106 valence electrons. The number of aliphatic hydroxyl groups is 1. The van der Waals surface area contributed by atoms with Gasteiger partial charge < -0.3 is 10.4 Å². The zero-order valence-electron chi connectivity index (χ0n) is 11.1. The van der Waals surface area contributed by atoms with Crippen LogP contribution in [0.3, 0.4) is 0 Å². The third-order valence-corrected chi connectivity index (χ3v) is 5.13. The molecule has 0 spiro atoms. The number of likely N-dealkylation sites (tertiary alicyclic amines) is 1. The summed E-state index contributed by atoms with van der Waals surface area (Å²) < 4.78 is 0. The first-order valence-corrected chi connectivity index (χ1v) is 7.73. The maximum atomic E-state index is 12.0. The van der Waals surface area contributed by atoms with Gasteiger partial charge >= 0.3 is 0 Å². The van der Waals surface area contributed by atoms with Gasteiger partial charge in [-0.1, -0.05) is 0 Å². The molecular formula is C14H17N3O2S. The number of hydrogen-bond donors (Lipinski definition) is 2. The Bertz CT molecular complexity index is 551. The summed E-state index contributed by atoms with van der Waals surface area (Å²) in [5, 5.41) is 24.0. The molecule has 2 heterocycles. The van der Waals surface area contributed by atoms with Gasteiger partial charge in [-0.25, -0.2) is 0 Å². The molecule has 1 amide bonds. The molecule has 1 aromatic rings. The van der Waals surface area contributed by atoms with E-state index in [1.807, 2.05) is 0 Å². The second kappa shape index (κ2) is 5.52. The SMILES string of the molecule is N#Cc1ccsc1NC(=O)CN1CC2CCC(O)C2C1. The number of nitrogens with zero attached hydrogens (tertiary/aromatic N) is 2. The van der Waals surface area contributed by atoms with Crippen molar-refractivity contribution in [3.05, 3.63) is 17.0 Å². The van der Waals surface area contributed by atoms with Gasteiger partial charge in [0.25, 0.3) is 0 Å². The van der Waals surface area contributed by atoms with Crippen LogP contribution >= 0.6 is 11.3 Å². The molecule has 3 unspecified atom stereocenters. The van der Waals surface area contributed by atoms with Gasteiger partial charge in [0.15, 0.2) is 0 Å². The lowest BCUT2D eigenvalue weighted by Crippen LogP contribution is -2.33. The number of amides is 1. The molecule has 1 aliphatic heterocycles. The smallest absolute Gasteiger partial charge is 0.239 e. The number of carbonyl (C=O) groups is 1. The topological polar surface area (TPSA) is 76.4 Å². The van der Waals surface area contributed by atoms with Gasteiger partial charge in [-0.2, -0.15) is 5.26 Å². The van der Waals surface area contributed by atoms with Crippen LogP contribution in [0.1, 0.15) is 18.4 Å². The van der Waals surface area contributed by atoms with Gasteiger partial charge in [0, 0.05) is 19.0 Å². The number of anilines is 1. The molecule has 0 aromatic carbocycles. The van der Waals surface area contributed by atoms with E-state index in [0.717, 1.165) is 25.9 Å². The van der Waals surface area contributed by atoms with E-state index in [1.165, 1.54) is 11.3 Å². The van der Waals surface area contributed by atoms with E-state index in [9.17, 15) is 9.90 Å². The third kappa shape index (κ3) is 2.57. The van der Waals surface area contributed by atoms with Gasteiger partial charge in [-0.3, -0.25) is 9.69 Å². The Morgan fingerprint density at radius 2 is 2.40 bits per heavy atom. The van der Waals surface area contributed by atoms with Crippen molar-refractivity contribution in [2.45, 2.75) is 18.9 Å². The quantitative estimate of drug-likeness (QED) is 0.879. The van der Waals surface area contributed by atoms with Crippen LogP contribution in [-0.4, -0.2) is 41.7 Å². The Labute approximate surface area is 121 Å². The second-order valence-corrected chi connectivity index (χ2v) is 6.50. The van der Waals surface area contributed by atoms with Crippen molar-refractivity contribution in [1.29, 1.82) is 5.26 Å². The summed E-state index contributed by atoms with van der Waals surface area (Å²) in [6, 6.07) is 3.77. The minimum Gasteiger partial charge on any atom is -0.393 e. The summed E-state index contributed by atoms with van der Waals surface area (Å²) >= 11 is 1.36. The Hall–Kier alpha value is -1.42. The first kappa shape index (κ1) is 13.6. The van der Waals surface area contributed by atoms with E-state index in [1.54, 1.807) is 11.4 Å². The molecule has 2 aliphatic rings. The molecule has 6 heteroatoms. The van der Waals surface area contributed by atoms with Gasteiger partial charge in [-0.05, 0) is 30.2 Å². The normalized spacial score (nSPS) is 29.1. The molecule has 0 bridgehead atoms. The van der Waals surface area contributed by atoms with Crippen molar-refractivity contribution >= 4 is 22.2 Å². The van der Waals surface area contributed by atoms with E-state index in [2.05, 4.69) is 16.3 Å². The molecule has 1 aliphatic carbocycles. The molecule has 3 atom stereocenters. The maximum absolute atomic E-state index is 12.0. The van der Waals surface area contributed by atoms with Crippen LogP contribution in [0.4, 0.5) is 5.00 Å². The number of rotatable bonds is 3. The fraction of sp³-hybridized carbons (Fsp3) is 0.571. The lowest BCUT2D eigenvalue weighted by atomic mass is 10.00. The first-order valence-electron chi connectivity index (χ1n) is 6.85. The highest BCUT2D eigenvalue weighted by Crippen LogP contribution is 2.37. The number of nitrogens with one attached hydrogen (secondary N) is 1. The molecule has 1 saturated carbocycles. The molecule has 5 nitrogen and oxygen atoms in total. The van der Waals surface area contributed by atoms with Crippen LogP contribution in [-0.2, 0) is 4.79 Å². The number of fused-ring (bicyclic) bond motifs is 1. The Morgan fingerprint density at radius 3 is 3.15 bits per heavy atom. The predicted octanol–water partition coefficient (Wildman–Crippen LogP) is 1.26. The van der Waals surface area contributed by atoms with Gasteiger partial charge in [-0.15, -0.1) is 11.3 Å². The van der Waals surface area contributed by atoms with Crippen LogP contribution in [0.5, 0.6) is 0 Å². The van der Waals surface area contributed by atoms with Crippen LogP contribution in [0.15, 0.2) is 11.4 Å². The average Bonchev–Trinajstić information content (AvgIpc) is 3.08. The summed E-state index contributed by atoms with van der Waals surface area (Å²) in [4.78, 5) is 14.1. The Balaban J connectivity index is 1.54. The van der Waals surface area contributed by atoms with Gasteiger partial charge in [0.05, 0.1) is 18.2 Å². The Morgan fingerprint density at radius 1 is 1.55 bits per heavy atom. The van der Waals surface area contributed by atoms with Crippen molar-refractivity contribution in [2.24, 2.45) is 11.8 Å². The highest BCUT2D eigenvalue weighted by Gasteiger charge is 2.42. The lowest BCUT2D eigenvalue weighted by molar-refractivity contribution is -0.117. The molecule has 2 fully saturated rings. The van der Waals surface area contributed by atoms with Crippen molar-refractivity contribution in [1.82, 2.24) is 4.90 Å². The summed E-state index contributed by atoms with van der Waals surface area (Å²) in [6.45, 7) is 2.03. The molecular weight excluding hydrogens is 274 g/mol. The zero-order chi connectivity index (χ0) is 14.1. The highest BCUT2D eigenvalue weighted by atomic mass is 32.1. The van der Waals surface area contributed by atoms with Crippen LogP contribution in [0.25, 0.3) is 0 Å². The van der Waals surface area contributed by atoms with Gasteiger partial charge in [0.1, 0.15) is 11.1 Å². The van der Waals surface area contributed by atoms with Crippen molar-refractivity contribution in [2.75, 3.05) is 25.0 Å². The largest absolute Gasteiger partial charge is 0.393 e. The van der Waals surface area contributed by atoms with Crippen LogP contribution in [0.2, 0.25) is 0 Å². The van der Waals surface area contributed by atoms with Gasteiger partial charge in [0.2, 0.25) is 5.91 Å². The van der Waals surface area contributed by atoms with Crippen molar-refractivity contribution in [3.8, 4) is 6.07 Å². The summed E-state index contributed by atoms with van der Waals surface area (Å²) in [7, 11) is 0. The number of nitriles is 1. The first-order chi connectivity index (χ1) is 9.67. The molecule has 0 radical (unpaired) electrons. The maximum Gasteiger partial charge on any atom is 0.239 e. The van der Waals surface area contributed by atoms with Crippen molar-refractivity contribution < 1.29 is 9.90 Å². The standard InChI is InChI=1S/C14H17N3O2S/c15-5-9-3-4-20-14(9)16-13(19)8-17-6-10-1-2-12(18)11(10)7-17/h3-4,10-12,18H,1-2,6-8H2,(H,16,19). The van der Waals surface area contributed by atoms with E-state index in [0.29, 0.717) is 28.9 Å². The predicted molar refractivity (Wildman–Crippen MR) is 76.3 cm³/mol. The monoisotopic (exact) mass is 291 g/mol. The summed E-state index contributed by atoms with van der Waals surface area (Å²) in [5.41, 5.74) is 0.511. The van der Waals surface area contributed by atoms with E-state index >= 15 is 0 Å². The van der Waals surface area contributed by atoms with E-state index in [4.69, 9.17) is 5.26 Å². The molecule has 3 rings (SSSR count). The van der Waals surface area contributed by atoms with Crippen molar-refractivity contribution in [3.63, 3.8) is 0 Å². The minimum atomic E-state index is -0.199. The second-order valence-electron chi connectivity index (χ2n) is 5.59. The molecule has 1 aromatic heterocycles. The summed E-state index contributed by atoms with van der Waals surface area (Å²) in [5.74, 6) is 0.784. The van der Waals surface area contributed by atoms with E-state index in [-0.39, 0.29) is 12.0 Å². The molecule has 20 heavy (non-hydrogen) atoms. The van der Waals surface area contributed by atoms with E-state index < -0.39 is 0 Å². The Kier molecular flexibility index (Phi) is 3.74. The number of carbonyl (C=O) groups excluding carboxylic acids is 1.